The number of nitrogens with one attached hydrogen (secondary N) is 1. The number of aromatic nitrogens is 1. The van der Waals surface area contributed by atoms with Crippen LogP contribution in [0, 0.1) is 0 Å². The van der Waals surface area contributed by atoms with Gasteiger partial charge in [0.25, 0.3) is 5.91 Å². The zero-order valence-electron chi connectivity index (χ0n) is 13.2. The predicted molar refractivity (Wildman–Crippen MR) is 94.6 cm³/mol. The molecule has 0 spiro atoms. The fourth-order valence-corrected chi connectivity index (χ4v) is 1.92. The second-order valence-corrected chi connectivity index (χ2v) is 4.85. The first kappa shape index (κ1) is 17.2. The Morgan fingerprint density at radius 3 is 2.62 bits per heavy atom. The zero-order valence-corrected chi connectivity index (χ0v) is 13.2. The van der Waals surface area contributed by atoms with Gasteiger partial charge in [-0.2, -0.15) is 0 Å². The smallest absolute Gasteiger partial charge is 0.255 e. The van der Waals surface area contributed by atoms with E-state index in [0.29, 0.717) is 29.4 Å². The summed E-state index contributed by atoms with van der Waals surface area (Å²) in [5.41, 5.74) is 7.61. The second kappa shape index (κ2) is 8.45. The predicted octanol–water partition coefficient (Wildman–Crippen LogP) is 3.32. The third-order valence-electron chi connectivity index (χ3n) is 3.15. The summed E-state index contributed by atoms with van der Waals surface area (Å²) in [6.07, 6.45) is 6.43. The highest BCUT2D eigenvalue weighted by atomic mass is 16.5. The summed E-state index contributed by atoms with van der Waals surface area (Å²) in [7, 11) is 0. The number of hydrogen-bond donors (Lipinski definition) is 2. The molecule has 0 aliphatic rings. The maximum atomic E-state index is 12.1. The highest BCUT2D eigenvalue weighted by Crippen LogP contribution is 2.20. The van der Waals surface area contributed by atoms with Gasteiger partial charge in [0.2, 0.25) is 5.88 Å². The van der Waals surface area contributed by atoms with Gasteiger partial charge in [-0.3, -0.25) is 4.79 Å². The summed E-state index contributed by atoms with van der Waals surface area (Å²) in [5, 5.41) is 2.73. The van der Waals surface area contributed by atoms with Gasteiger partial charge in [-0.1, -0.05) is 19.2 Å². The van der Waals surface area contributed by atoms with Gasteiger partial charge < -0.3 is 15.8 Å². The summed E-state index contributed by atoms with van der Waals surface area (Å²) in [4.78, 5) is 16.3. The van der Waals surface area contributed by atoms with E-state index in [4.69, 9.17) is 10.5 Å². The Morgan fingerprint density at radius 2 is 2.00 bits per heavy atom. The molecule has 0 saturated carbocycles. The molecule has 5 heteroatoms. The molecule has 0 bridgehead atoms. The summed E-state index contributed by atoms with van der Waals surface area (Å²) >= 11 is 0. The molecule has 1 aromatic carbocycles. The van der Waals surface area contributed by atoms with Crippen molar-refractivity contribution in [2.45, 2.75) is 6.54 Å². The van der Waals surface area contributed by atoms with Crippen LogP contribution >= 0.6 is 0 Å². The van der Waals surface area contributed by atoms with Crippen LogP contribution in [0.5, 0.6) is 11.6 Å². The Kier molecular flexibility index (Phi) is 6.05. The van der Waals surface area contributed by atoms with Gasteiger partial charge >= 0.3 is 0 Å². The molecule has 0 aliphatic carbocycles. The van der Waals surface area contributed by atoms with Crippen molar-refractivity contribution in [2.24, 2.45) is 5.73 Å². The average molecular weight is 321 g/mol. The van der Waals surface area contributed by atoms with Gasteiger partial charge in [0.1, 0.15) is 5.75 Å². The summed E-state index contributed by atoms with van der Waals surface area (Å²) < 4.78 is 5.66. The fourth-order valence-electron chi connectivity index (χ4n) is 1.92. The molecule has 2 aromatic rings. The van der Waals surface area contributed by atoms with Crippen LogP contribution < -0.4 is 15.8 Å². The van der Waals surface area contributed by atoms with Crippen molar-refractivity contribution < 1.29 is 9.53 Å². The van der Waals surface area contributed by atoms with Crippen LogP contribution in [0.3, 0.4) is 0 Å². The number of benzene rings is 1. The number of rotatable bonds is 7. The van der Waals surface area contributed by atoms with Crippen molar-refractivity contribution in [1.82, 2.24) is 10.3 Å². The number of nitrogens with two attached hydrogens (primary N) is 1. The van der Waals surface area contributed by atoms with Crippen LogP contribution in [-0.4, -0.2) is 10.9 Å². The molecule has 1 aromatic heterocycles. The SMILES string of the molecule is C=C/C=C(\C=C)NC(=O)c1ccc(Oc2cc(CN)ccn2)cc1. The minimum atomic E-state index is -0.238. The van der Waals surface area contributed by atoms with Crippen molar-refractivity contribution in [2.75, 3.05) is 0 Å². The molecule has 0 fully saturated rings. The lowest BCUT2D eigenvalue weighted by molar-refractivity contribution is 0.0967. The van der Waals surface area contributed by atoms with Crippen molar-refractivity contribution in [3.8, 4) is 11.6 Å². The standard InChI is InChI=1S/C19H19N3O2/c1-3-5-16(4-2)22-19(23)15-6-8-17(9-7-15)24-18-12-14(13-20)10-11-21-18/h3-12H,1-2,13,20H2,(H,22,23)/b16-5+. The Bertz CT molecular complexity index is 764. The Morgan fingerprint density at radius 1 is 1.25 bits per heavy atom. The third kappa shape index (κ3) is 4.66. The summed E-state index contributed by atoms with van der Waals surface area (Å²) in [6, 6.07) is 10.4. The Balaban J connectivity index is 2.07. The molecule has 1 heterocycles. The van der Waals surface area contributed by atoms with Crippen LogP contribution in [0.4, 0.5) is 0 Å². The van der Waals surface area contributed by atoms with Crippen LogP contribution in [0.15, 0.2) is 79.7 Å². The normalized spacial score (nSPS) is 10.8. The van der Waals surface area contributed by atoms with E-state index in [9.17, 15) is 4.79 Å². The Labute approximate surface area is 141 Å². The quantitative estimate of drug-likeness (QED) is 0.767. The van der Waals surface area contributed by atoms with Crippen molar-refractivity contribution >= 4 is 5.91 Å². The lowest BCUT2D eigenvalue weighted by Gasteiger charge is -2.08. The van der Waals surface area contributed by atoms with E-state index in [1.165, 1.54) is 0 Å². The van der Waals surface area contributed by atoms with E-state index in [1.807, 2.05) is 6.07 Å². The minimum absolute atomic E-state index is 0.238. The first-order valence-corrected chi connectivity index (χ1v) is 7.35. The van der Waals surface area contributed by atoms with E-state index in [0.717, 1.165) is 5.56 Å². The van der Waals surface area contributed by atoms with E-state index >= 15 is 0 Å². The van der Waals surface area contributed by atoms with E-state index in [-0.39, 0.29) is 5.91 Å². The molecule has 0 aliphatic heterocycles. The van der Waals surface area contributed by atoms with Crippen LogP contribution in [-0.2, 0) is 6.54 Å². The first-order valence-electron chi connectivity index (χ1n) is 7.35. The monoisotopic (exact) mass is 321 g/mol. The number of hydrogen-bond acceptors (Lipinski definition) is 4. The zero-order chi connectivity index (χ0) is 17.4. The average Bonchev–Trinajstić information content (AvgIpc) is 2.62. The van der Waals surface area contributed by atoms with Crippen molar-refractivity contribution in [3.05, 3.63) is 90.8 Å². The molecule has 0 unspecified atom stereocenters. The fraction of sp³-hybridized carbons (Fsp3) is 0.0526. The van der Waals surface area contributed by atoms with Crippen LogP contribution in [0.2, 0.25) is 0 Å². The molecule has 5 nitrogen and oxygen atoms in total. The molecule has 122 valence electrons. The Hall–Kier alpha value is -3.18. The molecule has 0 atom stereocenters. The number of ether oxygens (including phenoxy) is 1. The highest BCUT2D eigenvalue weighted by Gasteiger charge is 2.07. The molecule has 0 radical (unpaired) electrons. The first-order chi connectivity index (χ1) is 11.7. The highest BCUT2D eigenvalue weighted by molar-refractivity contribution is 5.95. The molecule has 2 rings (SSSR count). The number of nitrogens with zero attached hydrogens (tertiary/aromatic N) is 1. The topological polar surface area (TPSA) is 77.2 Å². The van der Waals surface area contributed by atoms with E-state index in [1.54, 1.807) is 54.8 Å². The number of pyridine rings is 1. The number of amides is 1. The molecule has 1 amide bonds. The molecule has 3 N–H and O–H groups in total. The lowest BCUT2D eigenvalue weighted by Crippen LogP contribution is -2.21. The lowest BCUT2D eigenvalue weighted by atomic mass is 10.2. The molecular weight excluding hydrogens is 302 g/mol. The number of carbonyl (C=O) groups is 1. The maximum Gasteiger partial charge on any atom is 0.255 e. The van der Waals surface area contributed by atoms with Gasteiger partial charge in [0.15, 0.2) is 0 Å². The molecule has 24 heavy (non-hydrogen) atoms. The van der Waals surface area contributed by atoms with E-state index < -0.39 is 0 Å². The van der Waals surface area contributed by atoms with Crippen molar-refractivity contribution in [1.29, 1.82) is 0 Å². The minimum Gasteiger partial charge on any atom is -0.439 e. The van der Waals surface area contributed by atoms with Crippen LogP contribution in [0.25, 0.3) is 0 Å². The summed E-state index contributed by atoms with van der Waals surface area (Å²) in [6.45, 7) is 7.64. The van der Waals surface area contributed by atoms with Crippen molar-refractivity contribution in [3.63, 3.8) is 0 Å². The summed E-state index contributed by atoms with van der Waals surface area (Å²) in [5.74, 6) is 0.801. The second-order valence-electron chi connectivity index (χ2n) is 4.85. The molecule has 0 saturated heterocycles. The van der Waals surface area contributed by atoms with Gasteiger partial charge in [-0.05, 0) is 48.0 Å². The van der Waals surface area contributed by atoms with Crippen LogP contribution in [0.1, 0.15) is 15.9 Å². The largest absolute Gasteiger partial charge is 0.439 e. The molecular formula is C19H19N3O2. The number of carbonyl (C=O) groups excluding carboxylic acids is 1. The maximum absolute atomic E-state index is 12.1. The van der Waals surface area contributed by atoms with Gasteiger partial charge in [0, 0.05) is 30.1 Å². The number of allylic oxidation sites excluding steroid dienone is 3. The van der Waals surface area contributed by atoms with Gasteiger partial charge in [0.05, 0.1) is 0 Å². The third-order valence-corrected chi connectivity index (χ3v) is 3.15. The van der Waals surface area contributed by atoms with Gasteiger partial charge in [-0.25, -0.2) is 4.98 Å². The van der Waals surface area contributed by atoms with Gasteiger partial charge in [-0.15, -0.1) is 0 Å². The van der Waals surface area contributed by atoms with E-state index in [2.05, 4.69) is 23.5 Å².